The van der Waals surface area contributed by atoms with Crippen LogP contribution in [0.15, 0.2) is 0 Å². The predicted octanol–water partition coefficient (Wildman–Crippen LogP) is -0.0759. The molecule has 1 saturated heterocycles. The first-order chi connectivity index (χ1) is 6.79. The molecule has 6 heteroatoms. The lowest BCUT2D eigenvalue weighted by Gasteiger charge is -2.22. The number of carbonyl (C=O) groups is 2. The molecule has 15 heavy (non-hydrogen) atoms. The lowest BCUT2D eigenvalue weighted by atomic mass is 10.3. The van der Waals surface area contributed by atoms with Gasteiger partial charge in [0.2, 0.25) is 5.91 Å². The molecule has 0 aliphatic carbocycles. The number of primary amides is 1. The monoisotopic (exact) mass is 230 g/mol. The van der Waals surface area contributed by atoms with Crippen molar-refractivity contribution in [3.05, 3.63) is 0 Å². The van der Waals surface area contributed by atoms with Gasteiger partial charge < -0.3 is 15.1 Å². The molecule has 1 fully saturated rings. The van der Waals surface area contributed by atoms with Crippen molar-refractivity contribution in [2.45, 2.75) is 32.2 Å². The summed E-state index contributed by atoms with van der Waals surface area (Å²) in [5, 5.41) is 0. The summed E-state index contributed by atoms with van der Waals surface area (Å²) >= 11 is 0. The van der Waals surface area contributed by atoms with Gasteiger partial charge >= 0.3 is 0 Å². The Kier molecular flexibility index (Phi) is 3.51. The Balaban J connectivity index is 2.53. The number of carbonyl (C=O) groups excluding carboxylic acids is 2. The van der Waals surface area contributed by atoms with Gasteiger partial charge in [0.15, 0.2) is 8.32 Å². The fraction of sp³-hybridized carbons (Fsp3) is 0.778. The molecule has 0 aromatic rings. The smallest absolute Gasteiger partial charge is 0.250 e. The Labute approximate surface area is 90.7 Å². The highest BCUT2D eigenvalue weighted by Gasteiger charge is 2.35. The highest BCUT2D eigenvalue weighted by molar-refractivity contribution is 6.69. The molecule has 0 bridgehead atoms. The van der Waals surface area contributed by atoms with Crippen molar-refractivity contribution in [2.24, 2.45) is 5.73 Å². The third kappa shape index (κ3) is 3.64. The molecular formula is C9H18N2O3Si. The topological polar surface area (TPSA) is 72.6 Å². The number of nitrogens with zero attached hydrogens (tertiary/aromatic N) is 1. The van der Waals surface area contributed by atoms with Crippen molar-refractivity contribution >= 4 is 20.1 Å². The number of hydrogen-bond donors (Lipinski definition) is 1. The maximum atomic E-state index is 11.7. The zero-order chi connectivity index (χ0) is 11.6. The number of rotatable bonds is 4. The minimum Gasteiger partial charge on any atom is -0.406 e. The number of amides is 2. The van der Waals surface area contributed by atoms with Gasteiger partial charge in [-0.3, -0.25) is 9.59 Å². The van der Waals surface area contributed by atoms with Crippen LogP contribution in [0.2, 0.25) is 19.6 Å². The minimum absolute atomic E-state index is 0.00436. The molecule has 2 N–H and O–H groups in total. The molecule has 86 valence electrons. The molecule has 0 saturated carbocycles. The van der Waals surface area contributed by atoms with E-state index in [1.165, 1.54) is 4.90 Å². The first-order valence-corrected chi connectivity index (χ1v) is 8.45. The molecule has 1 rings (SSSR count). The van der Waals surface area contributed by atoms with Crippen molar-refractivity contribution in [1.29, 1.82) is 0 Å². The van der Waals surface area contributed by atoms with Crippen LogP contribution in [0.5, 0.6) is 0 Å². The predicted molar refractivity (Wildman–Crippen MR) is 58.6 cm³/mol. The second kappa shape index (κ2) is 4.32. The van der Waals surface area contributed by atoms with E-state index in [4.69, 9.17) is 10.2 Å². The van der Waals surface area contributed by atoms with E-state index in [0.29, 0.717) is 13.0 Å². The lowest BCUT2D eigenvalue weighted by molar-refractivity contribution is -0.136. The first-order valence-electron chi connectivity index (χ1n) is 5.04. The fourth-order valence-electron chi connectivity index (χ4n) is 1.59. The quantitative estimate of drug-likeness (QED) is 0.687. The van der Waals surface area contributed by atoms with Crippen LogP contribution in [0.3, 0.4) is 0 Å². The molecule has 1 aliphatic heterocycles. The Morgan fingerprint density at radius 3 is 2.67 bits per heavy atom. The van der Waals surface area contributed by atoms with Crippen LogP contribution >= 0.6 is 0 Å². The summed E-state index contributed by atoms with van der Waals surface area (Å²) in [6, 6.07) is 0. The van der Waals surface area contributed by atoms with E-state index >= 15 is 0 Å². The van der Waals surface area contributed by atoms with Crippen molar-refractivity contribution < 1.29 is 14.0 Å². The maximum absolute atomic E-state index is 11.7. The fourth-order valence-corrected chi connectivity index (χ4v) is 2.66. The molecule has 0 radical (unpaired) electrons. The minimum atomic E-state index is -1.70. The van der Waals surface area contributed by atoms with Crippen molar-refractivity contribution in [3.63, 3.8) is 0 Å². The van der Waals surface area contributed by atoms with Gasteiger partial charge in [-0.15, -0.1) is 0 Å². The first kappa shape index (κ1) is 12.2. The average Bonchev–Trinajstić information content (AvgIpc) is 2.32. The molecule has 1 atom stereocenters. The van der Waals surface area contributed by atoms with Gasteiger partial charge in [0.05, 0.1) is 6.54 Å². The number of hydrogen-bond acceptors (Lipinski definition) is 3. The Morgan fingerprint density at radius 1 is 1.60 bits per heavy atom. The van der Waals surface area contributed by atoms with Gasteiger partial charge in [0, 0.05) is 6.54 Å². The van der Waals surface area contributed by atoms with Crippen LogP contribution in [0.25, 0.3) is 0 Å². The standard InChI is InChI=1S/C9H18N2O3Si/c1-15(2,3)14-7-4-5-11(9(7)13)6-8(10)12/h7H,4-6H2,1-3H3,(H2,10,12). The van der Waals surface area contributed by atoms with Gasteiger partial charge in [0.1, 0.15) is 6.10 Å². The van der Waals surface area contributed by atoms with Crippen LogP contribution in [0, 0.1) is 0 Å². The van der Waals surface area contributed by atoms with Crippen molar-refractivity contribution in [3.8, 4) is 0 Å². The summed E-state index contributed by atoms with van der Waals surface area (Å²) in [5.41, 5.74) is 5.04. The second-order valence-corrected chi connectivity index (χ2v) is 9.19. The third-order valence-corrected chi connectivity index (χ3v) is 3.08. The van der Waals surface area contributed by atoms with E-state index in [9.17, 15) is 9.59 Å². The zero-order valence-electron chi connectivity index (χ0n) is 9.45. The van der Waals surface area contributed by atoms with Gasteiger partial charge in [-0.05, 0) is 26.1 Å². The molecule has 1 aliphatic rings. The Bertz CT molecular complexity index is 275. The summed E-state index contributed by atoms with van der Waals surface area (Å²) in [5.74, 6) is -0.576. The van der Waals surface area contributed by atoms with E-state index in [0.717, 1.165) is 0 Å². The number of nitrogens with two attached hydrogens (primary N) is 1. The van der Waals surface area contributed by atoms with Crippen LogP contribution in [-0.4, -0.2) is 44.2 Å². The van der Waals surface area contributed by atoms with E-state index in [1.807, 2.05) is 19.6 Å². The van der Waals surface area contributed by atoms with Crippen LogP contribution < -0.4 is 5.73 Å². The lowest BCUT2D eigenvalue weighted by Crippen LogP contribution is -2.40. The van der Waals surface area contributed by atoms with Gasteiger partial charge in [-0.25, -0.2) is 0 Å². The molecule has 0 spiro atoms. The summed E-state index contributed by atoms with van der Waals surface area (Å²) in [6.45, 7) is 6.69. The van der Waals surface area contributed by atoms with Gasteiger partial charge in [-0.2, -0.15) is 0 Å². The molecule has 0 aromatic heterocycles. The van der Waals surface area contributed by atoms with Crippen LogP contribution in [-0.2, 0) is 14.0 Å². The average molecular weight is 230 g/mol. The molecule has 0 aromatic carbocycles. The second-order valence-electron chi connectivity index (χ2n) is 4.73. The molecule has 5 nitrogen and oxygen atoms in total. The Hall–Kier alpha value is -0.883. The van der Waals surface area contributed by atoms with Gasteiger partial charge in [-0.1, -0.05) is 0 Å². The molecule has 1 unspecified atom stereocenters. The molecule has 2 amide bonds. The largest absolute Gasteiger partial charge is 0.406 e. The van der Waals surface area contributed by atoms with Gasteiger partial charge in [0.25, 0.3) is 5.91 Å². The SMILES string of the molecule is C[Si](C)(C)OC1CCN(CC(N)=O)C1=O. The van der Waals surface area contributed by atoms with Crippen molar-refractivity contribution in [2.75, 3.05) is 13.1 Å². The van der Waals surface area contributed by atoms with E-state index in [1.54, 1.807) is 0 Å². The highest BCUT2D eigenvalue weighted by atomic mass is 28.4. The van der Waals surface area contributed by atoms with E-state index in [2.05, 4.69) is 0 Å². The summed E-state index contributed by atoms with van der Waals surface area (Å²) in [6.07, 6.45) is 0.298. The van der Waals surface area contributed by atoms with E-state index in [-0.39, 0.29) is 18.6 Å². The number of likely N-dealkylation sites (tertiary alicyclic amines) is 1. The summed E-state index contributed by atoms with van der Waals surface area (Å²) in [7, 11) is -1.70. The summed E-state index contributed by atoms with van der Waals surface area (Å²) in [4.78, 5) is 23.9. The maximum Gasteiger partial charge on any atom is 0.250 e. The third-order valence-electron chi connectivity index (χ3n) is 2.09. The zero-order valence-corrected chi connectivity index (χ0v) is 10.4. The van der Waals surface area contributed by atoms with Crippen LogP contribution in [0.1, 0.15) is 6.42 Å². The van der Waals surface area contributed by atoms with Crippen molar-refractivity contribution in [1.82, 2.24) is 4.90 Å². The molecule has 1 heterocycles. The highest BCUT2D eigenvalue weighted by Crippen LogP contribution is 2.18. The van der Waals surface area contributed by atoms with E-state index < -0.39 is 14.2 Å². The Morgan fingerprint density at radius 2 is 2.20 bits per heavy atom. The molecular weight excluding hydrogens is 212 g/mol. The van der Waals surface area contributed by atoms with Crippen LogP contribution in [0.4, 0.5) is 0 Å². The normalized spacial score (nSPS) is 22.2. The summed E-state index contributed by atoms with van der Waals surface area (Å²) < 4.78 is 5.72.